The first-order chi connectivity index (χ1) is 14.1. The topological polar surface area (TPSA) is 32.8 Å². The summed E-state index contributed by atoms with van der Waals surface area (Å²) in [5.41, 5.74) is 1.86. The molecule has 0 atom stereocenters. The van der Waals surface area contributed by atoms with Gasteiger partial charge in [-0.05, 0) is 48.2 Å². The van der Waals surface area contributed by atoms with Crippen molar-refractivity contribution in [1.29, 1.82) is 0 Å². The molecule has 2 aromatic rings. The third-order valence-electron chi connectivity index (χ3n) is 6.11. The van der Waals surface area contributed by atoms with E-state index in [2.05, 4.69) is 43.9 Å². The zero-order chi connectivity index (χ0) is 20.3. The molecule has 0 bridgehead atoms. The minimum atomic E-state index is -0.464. The summed E-state index contributed by atoms with van der Waals surface area (Å²) in [6.07, 6.45) is 1.49. The lowest BCUT2D eigenvalue weighted by atomic mass is 9.73. The number of nitrogens with zero attached hydrogens (tertiary/aromatic N) is 2. The summed E-state index contributed by atoms with van der Waals surface area (Å²) in [7, 11) is 0. The quantitative estimate of drug-likeness (QED) is 0.650. The van der Waals surface area contributed by atoms with E-state index in [0.29, 0.717) is 13.2 Å². The molecule has 2 aliphatic rings. The molecule has 2 aliphatic heterocycles. The van der Waals surface area contributed by atoms with Crippen LogP contribution < -0.4 is 0 Å². The van der Waals surface area contributed by atoms with Crippen molar-refractivity contribution in [2.24, 2.45) is 0 Å². The molecule has 1 amide bonds. The Hall–Kier alpha value is -1.40. The average molecular weight is 478 g/mol. The van der Waals surface area contributed by atoms with Crippen LogP contribution >= 0.6 is 27.5 Å². The van der Waals surface area contributed by atoms with Crippen molar-refractivity contribution in [3.8, 4) is 0 Å². The van der Waals surface area contributed by atoms with Gasteiger partial charge in [-0.15, -0.1) is 0 Å². The van der Waals surface area contributed by atoms with Crippen molar-refractivity contribution < 1.29 is 9.53 Å². The number of rotatable bonds is 4. The Labute approximate surface area is 185 Å². The summed E-state index contributed by atoms with van der Waals surface area (Å²) in [5, 5.41) is 0.771. The molecule has 0 aromatic heterocycles. The Morgan fingerprint density at radius 1 is 1.03 bits per heavy atom. The lowest BCUT2D eigenvalue weighted by molar-refractivity contribution is -0.143. The van der Waals surface area contributed by atoms with Crippen molar-refractivity contribution in [3.05, 3.63) is 69.2 Å². The Morgan fingerprint density at radius 2 is 1.72 bits per heavy atom. The fraction of sp³-hybridized carbons (Fsp3) is 0.435. The largest absolute Gasteiger partial charge is 0.381 e. The molecule has 0 radical (unpaired) electrons. The monoisotopic (exact) mass is 476 g/mol. The first kappa shape index (κ1) is 20.9. The van der Waals surface area contributed by atoms with Crippen molar-refractivity contribution in [2.45, 2.75) is 24.8 Å². The molecule has 2 fully saturated rings. The van der Waals surface area contributed by atoms with E-state index in [1.807, 2.05) is 30.3 Å². The Morgan fingerprint density at radius 3 is 2.38 bits per heavy atom. The molecule has 2 saturated heterocycles. The van der Waals surface area contributed by atoms with Crippen LogP contribution in [-0.2, 0) is 21.5 Å². The van der Waals surface area contributed by atoms with E-state index >= 15 is 0 Å². The lowest BCUT2D eigenvalue weighted by Gasteiger charge is -2.43. The zero-order valence-electron chi connectivity index (χ0n) is 16.4. The van der Waals surface area contributed by atoms with Crippen LogP contribution in [0.2, 0.25) is 5.02 Å². The van der Waals surface area contributed by atoms with Crippen LogP contribution in [0, 0.1) is 0 Å². The fourth-order valence-corrected chi connectivity index (χ4v) is 4.90. The highest BCUT2D eigenvalue weighted by Gasteiger charge is 2.44. The molecule has 2 heterocycles. The molecular formula is C23H26BrClN2O2. The van der Waals surface area contributed by atoms with Gasteiger partial charge in [-0.1, -0.05) is 51.8 Å². The van der Waals surface area contributed by atoms with Crippen LogP contribution in [0.3, 0.4) is 0 Å². The third kappa shape index (κ3) is 4.69. The smallest absolute Gasteiger partial charge is 0.233 e. The molecule has 0 aliphatic carbocycles. The van der Waals surface area contributed by atoms with Gasteiger partial charge in [0.05, 0.1) is 5.41 Å². The molecule has 0 N–H and O–H groups in total. The molecule has 29 heavy (non-hydrogen) atoms. The van der Waals surface area contributed by atoms with Gasteiger partial charge >= 0.3 is 0 Å². The van der Waals surface area contributed by atoms with Crippen LogP contribution in [0.25, 0.3) is 0 Å². The molecular weight excluding hydrogens is 452 g/mol. The van der Waals surface area contributed by atoms with E-state index in [9.17, 15) is 4.79 Å². The number of carbonyl (C=O) groups is 1. The predicted octanol–water partition coefficient (Wildman–Crippen LogP) is 4.50. The average Bonchev–Trinajstić information content (AvgIpc) is 2.75. The zero-order valence-corrected chi connectivity index (χ0v) is 18.8. The maximum absolute atomic E-state index is 13.7. The van der Waals surface area contributed by atoms with E-state index in [4.69, 9.17) is 16.3 Å². The Bertz CT molecular complexity index is 844. The van der Waals surface area contributed by atoms with E-state index in [0.717, 1.165) is 60.6 Å². The van der Waals surface area contributed by atoms with Crippen molar-refractivity contribution >= 4 is 33.4 Å². The summed E-state index contributed by atoms with van der Waals surface area (Å²) in [5.74, 6) is 0.255. The normalized spacial score (nSPS) is 19.9. The van der Waals surface area contributed by atoms with E-state index < -0.39 is 5.41 Å². The SMILES string of the molecule is O=C(N1CCN(Cc2cccc(Cl)c2)CC1)C1(c2ccc(Br)cc2)CCOCC1. The standard InChI is InChI=1S/C23H26BrClN2O2/c24-20-6-4-19(5-7-20)23(8-14-29-15-9-23)22(28)27-12-10-26(11-13-27)17-18-2-1-3-21(25)16-18/h1-7,16H,8-15,17H2. The summed E-state index contributed by atoms with van der Waals surface area (Å²) in [4.78, 5) is 18.1. The van der Waals surface area contributed by atoms with Crippen LogP contribution in [0.1, 0.15) is 24.0 Å². The summed E-state index contributed by atoms with van der Waals surface area (Å²) in [6.45, 7) is 5.43. The van der Waals surface area contributed by atoms with Crippen LogP contribution in [0.4, 0.5) is 0 Å². The third-order valence-corrected chi connectivity index (χ3v) is 6.87. The highest BCUT2D eigenvalue weighted by atomic mass is 79.9. The van der Waals surface area contributed by atoms with Crippen LogP contribution in [0.15, 0.2) is 53.0 Å². The van der Waals surface area contributed by atoms with E-state index in [-0.39, 0.29) is 5.91 Å². The van der Waals surface area contributed by atoms with Gasteiger partial charge in [0, 0.05) is 55.4 Å². The van der Waals surface area contributed by atoms with Crippen molar-refractivity contribution in [1.82, 2.24) is 9.80 Å². The number of ether oxygens (including phenoxy) is 1. The molecule has 4 rings (SSSR count). The fourth-order valence-electron chi connectivity index (χ4n) is 4.42. The second-order valence-electron chi connectivity index (χ2n) is 7.90. The van der Waals surface area contributed by atoms with Gasteiger partial charge in [0.2, 0.25) is 5.91 Å². The lowest BCUT2D eigenvalue weighted by Crippen LogP contribution is -2.55. The van der Waals surface area contributed by atoms with E-state index in [1.165, 1.54) is 5.56 Å². The molecule has 4 nitrogen and oxygen atoms in total. The molecule has 0 spiro atoms. The Balaban J connectivity index is 1.45. The molecule has 0 unspecified atom stereocenters. The number of amides is 1. The summed E-state index contributed by atoms with van der Waals surface area (Å²) in [6, 6.07) is 16.2. The minimum Gasteiger partial charge on any atom is -0.381 e. The second kappa shape index (κ2) is 9.17. The first-order valence-corrected chi connectivity index (χ1v) is 11.3. The van der Waals surface area contributed by atoms with Crippen LogP contribution in [-0.4, -0.2) is 55.1 Å². The first-order valence-electron chi connectivity index (χ1n) is 10.2. The minimum absolute atomic E-state index is 0.255. The highest BCUT2D eigenvalue weighted by Crippen LogP contribution is 2.37. The number of carbonyl (C=O) groups excluding carboxylic acids is 1. The summed E-state index contributed by atoms with van der Waals surface area (Å²) >= 11 is 9.62. The summed E-state index contributed by atoms with van der Waals surface area (Å²) < 4.78 is 6.63. The van der Waals surface area contributed by atoms with Crippen LogP contribution in [0.5, 0.6) is 0 Å². The number of hydrogen-bond acceptors (Lipinski definition) is 3. The number of piperazine rings is 1. The maximum Gasteiger partial charge on any atom is 0.233 e. The number of hydrogen-bond donors (Lipinski definition) is 0. The molecule has 6 heteroatoms. The maximum atomic E-state index is 13.7. The van der Waals surface area contributed by atoms with Crippen molar-refractivity contribution in [3.63, 3.8) is 0 Å². The van der Waals surface area contributed by atoms with Gasteiger partial charge in [-0.3, -0.25) is 9.69 Å². The van der Waals surface area contributed by atoms with Gasteiger partial charge in [-0.2, -0.15) is 0 Å². The highest BCUT2D eigenvalue weighted by molar-refractivity contribution is 9.10. The Kier molecular flexibility index (Phi) is 6.60. The number of benzene rings is 2. The number of halogens is 2. The van der Waals surface area contributed by atoms with Gasteiger partial charge in [0.25, 0.3) is 0 Å². The van der Waals surface area contributed by atoms with Gasteiger partial charge in [-0.25, -0.2) is 0 Å². The molecule has 154 valence electrons. The second-order valence-corrected chi connectivity index (χ2v) is 9.25. The van der Waals surface area contributed by atoms with Gasteiger partial charge in [0.1, 0.15) is 0 Å². The van der Waals surface area contributed by atoms with Gasteiger partial charge < -0.3 is 9.64 Å². The molecule has 2 aromatic carbocycles. The van der Waals surface area contributed by atoms with Gasteiger partial charge in [0.15, 0.2) is 0 Å². The predicted molar refractivity (Wildman–Crippen MR) is 119 cm³/mol. The van der Waals surface area contributed by atoms with E-state index in [1.54, 1.807) is 0 Å². The molecule has 0 saturated carbocycles. The van der Waals surface area contributed by atoms with Crippen molar-refractivity contribution in [2.75, 3.05) is 39.4 Å².